The van der Waals surface area contributed by atoms with Gasteiger partial charge in [0.2, 0.25) is 0 Å². The molecule has 0 aliphatic rings. The lowest BCUT2D eigenvalue weighted by atomic mass is 9.81. The molecule has 5 N–H and O–H groups in total. The molecule has 0 heterocycles. The molecule has 0 radical (unpaired) electrons. The minimum absolute atomic E-state index is 0.461. The molecule has 0 aromatic heterocycles. The fourth-order valence-corrected chi connectivity index (χ4v) is 4.50. The van der Waals surface area contributed by atoms with E-state index in [-0.39, 0.29) is 0 Å². The van der Waals surface area contributed by atoms with Crippen LogP contribution >= 0.6 is 0 Å². The van der Waals surface area contributed by atoms with E-state index in [1.54, 1.807) is 7.11 Å². The number of methoxy groups -OCH3 is 1. The van der Waals surface area contributed by atoms with Gasteiger partial charge in [0, 0.05) is 13.0 Å². The number of carboxylic acids is 3. The van der Waals surface area contributed by atoms with Gasteiger partial charge in [-0.2, -0.15) is 0 Å². The predicted octanol–water partition coefficient (Wildman–Crippen LogP) is 3.65. The molecule has 0 aliphatic heterocycles. The summed E-state index contributed by atoms with van der Waals surface area (Å²) in [6.07, 6.45) is -1.83. The van der Waals surface area contributed by atoms with Crippen LogP contribution in [-0.4, -0.2) is 87.3 Å². The van der Waals surface area contributed by atoms with Crippen LogP contribution in [0.25, 0.3) is 0 Å². The Balaban J connectivity index is 0.000000439. The van der Waals surface area contributed by atoms with Gasteiger partial charge in [-0.3, -0.25) is 9.59 Å². The number of carboxylic acid groups (broad SMARTS) is 3. The van der Waals surface area contributed by atoms with Crippen molar-refractivity contribution >= 4 is 17.9 Å². The normalized spacial score (nSPS) is 12.4. The fraction of sp³-hybridized carbons (Fsp3) is 0.364. The third kappa shape index (κ3) is 10.7. The number of likely N-dealkylation sites (N-methyl/N-ethyl adjacent to an activating group) is 1. The SMILES string of the molecule is CCN(CC)CCOc1ccc(C(O)(Cc2ccc(OC)cc2)c2ccccc2)cc1.O=C(O)CC(O)(CC(=O)O)C(=O)O. The first kappa shape index (κ1) is 35.7. The smallest absolute Gasteiger partial charge is 0.336 e. The van der Waals surface area contributed by atoms with E-state index in [0.29, 0.717) is 13.0 Å². The summed E-state index contributed by atoms with van der Waals surface area (Å²) >= 11 is 0. The summed E-state index contributed by atoms with van der Waals surface area (Å²) in [7, 11) is 1.65. The molecule has 11 nitrogen and oxygen atoms in total. The third-order valence-corrected chi connectivity index (χ3v) is 7.06. The van der Waals surface area contributed by atoms with E-state index in [0.717, 1.165) is 47.8 Å². The molecule has 11 heteroatoms. The highest BCUT2D eigenvalue weighted by molar-refractivity contribution is 5.88. The maximum absolute atomic E-state index is 11.9. The molecule has 1 atom stereocenters. The Bertz CT molecular complexity index is 1310. The highest BCUT2D eigenvalue weighted by Gasteiger charge is 2.40. The molecule has 3 aromatic carbocycles. The first-order valence-electron chi connectivity index (χ1n) is 14.1. The highest BCUT2D eigenvalue weighted by Crippen LogP contribution is 2.34. The van der Waals surface area contributed by atoms with Crippen molar-refractivity contribution in [3.63, 3.8) is 0 Å². The second-order valence-electron chi connectivity index (χ2n) is 10.1. The van der Waals surface area contributed by atoms with Crippen molar-refractivity contribution in [2.45, 2.75) is 44.3 Å². The van der Waals surface area contributed by atoms with Crippen LogP contribution in [0, 0.1) is 0 Å². The molecule has 0 saturated carbocycles. The van der Waals surface area contributed by atoms with E-state index in [1.807, 2.05) is 78.9 Å². The van der Waals surface area contributed by atoms with E-state index in [9.17, 15) is 19.5 Å². The van der Waals surface area contributed by atoms with Crippen LogP contribution in [0.2, 0.25) is 0 Å². The minimum atomic E-state index is -2.74. The van der Waals surface area contributed by atoms with Crippen molar-refractivity contribution < 1.29 is 49.4 Å². The van der Waals surface area contributed by atoms with E-state index >= 15 is 0 Å². The molecule has 3 rings (SSSR count). The standard InChI is InChI=1S/C27H33NO3.C6H8O7/c1-4-28(5-2)19-20-31-26-17-13-24(14-18-26)27(29,23-9-7-6-8-10-23)21-22-11-15-25(30-3)16-12-22;7-3(8)1-6(13,5(11)12)2-4(9)10/h6-18,29H,4-5,19-21H2,1-3H3;13H,1-2H2,(H,7,8)(H,9,10)(H,11,12). The Morgan fingerprint density at radius 2 is 1.23 bits per heavy atom. The second kappa shape index (κ2) is 17.0. The van der Waals surface area contributed by atoms with Crippen LogP contribution in [0.4, 0.5) is 0 Å². The maximum atomic E-state index is 11.9. The van der Waals surface area contributed by atoms with Crippen molar-refractivity contribution in [2.75, 3.05) is 33.4 Å². The Kier molecular flexibility index (Phi) is 13.8. The summed E-state index contributed by atoms with van der Waals surface area (Å²) in [5.74, 6) is -3.40. The minimum Gasteiger partial charge on any atom is -0.497 e. The topological polar surface area (TPSA) is 174 Å². The predicted molar refractivity (Wildman–Crippen MR) is 163 cm³/mol. The van der Waals surface area contributed by atoms with Gasteiger partial charge in [0.25, 0.3) is 0 Å². The summed E-state index contributed by atoms with van der Waals surface area (Å²) in [5, 5.41) is 45.7. The van der Waals surface area contributed by atoms with Crippen LogP contribution in [0.1, 0.15) is 43.4 Å². The summed E-state index contributed by atoms with van der Waals surface area (Å²) in [5.41, 5.74) is -1.15. The summed E-state index contributed by atoms with van der Waals surface area (Å²) < 4.78 is 11.2. The van der Waals surface area contributed by atoms with Crippen molar-refractivity contribution in [3.8, 4) is 11.5 Å². The van der Waals surface area contributed by atoms with Gasteiger partial charge in [0.1, 0.15) is 23.7 Å². The highest BCUT2D eigenvalue weighted by atomic mass is 16.5. The van der Waals surface area contributed by atoms with Crippen molar-refractivity contribution in [1.82, 2.24) is 4.90 Å². The van der Waals surface area contributed by atoms with Crippen LogP contribution in [0.5, 0.6) is 11.5 Å². The first-order chi connectivity index (χ1) is 20.9. The number of rotatable bonds is 16. The van der Waals surface area contributed by atoms with Crippen LogP contribution in [0.3, 0.4) is 0 Å². The van der Waals surface area contributed by atoms with Crippen molar-refractivity contribution in [1.29, 1.82) is 0 Å². The largest absolute Gasteiger partial charge is 0.497 e. The number of benzene rings is 3. The lowest BCUT2D eigenvalue weighted by Gasteiger charge is -2.30. The average molecular weight is 612 g/mol. The molecule has 0 aliphatic carbocycles. The van der Waals surface area contributed by atoms with E-state index < -0.39 is 42.0 Å². The summed E-state index contributed by atoms with van der Waals surface area (Å²) in [6, 6.07) is 25.5. The van der Waals surface area contributed by atoms with E-state index in [1.165, 1.54) is 0 Å². The average Bonchev–Trinajstić information content (AvgIpc) is 3.00. The van der Waals surface area contributed by atoms with E-state index in [4.69, 9.17) is 29.9 Å². The molecule has 238 valence electrons. The van der Waals surface area contributed by atoms with Gasteiger partial charge >= 0.3 is 17.9 Å². The van der Waals surface area contributed by atoms with Crippen LogP contribution < -0.4 is 9.47 Å². The molecule has 0 spiro atoms. The molecule has 3 aromatic rings. The quantitative estimate of drug-likeness (QED) is 0.160. The molecule has 0 bridgehead atoms. The maximum Gasteiger partial charge on any atom is 0.336 e. The van der Waals surface area contributed by atoms with Gasteiger partial charge in [-0.15, -0.1) is 0 Å². The zero-order valence-corrected chi connectivity index (χ0v) is 25.2. The first-order valence-corrected chi connectivity index (χ1v) is 14.1. The van der Waals surface area contributed by atoms with Crippen molar-refractivity contribution in [3.05, 3.63) is 95.6 Å². The molecular formula is C33H41NO10. The Morgan fingerprint density at radius 1 is 0.727 bits per heavy atom. The van der Waals surface area contributed by atoms with Gasteiger partial charge in [-0.05, 0) is 54.0 Å². The molecule has 1 unspecified atom stereocenters. The number of hydrogen-bond donors (Lipinski definition) is 5. The fourth-order valence-electron chi connectivity index (χ4n) is 4.50. The van der Waals surface area contributed by atoms with Gasteiger partial charge in [0.05, 0.1) is 20.0 Å². The molecule has 0 amide bonds. The van der Waals surface area contributed by atoms with Crippen molar-refractivity contribution in [2.24, 2.45) is 0 Å². The van der Waals surface area contributed by atoms with E-state index in [2.05, 4.69) is 18.7 Å². The van der Waals surface area contributed by atoms with Gasteiger partial charge < -0.3 is 39.9 Å². The summed E-state index contributed by atoms with van der Waals surface area (Å²) in [4.78, 5) is 32.8. The van der Waals surface area contributed by atoms with Gasteiger partial charge in [-0.25, -0.2) is 4.79 Å². The Labute approximate surface area is 256 Å². The molecule has 44 heavy (non-hydrogen) atoms. The molecule has 0 fully saturated rings. The van der Waals surface area contributed by atoms with Gasteiger partial charge in [0.15, 0.2) is 5.60 Å². The summed E-state index contributed by atoms with van der Waals surface area (Å²) in [6.45, 7) is 7.91. The number of carbonyl (C=O) groups is 3. The molecular weight excluding hydrogens is 570 g/mol. The number of nitrogens with zero attached hydrogens (tertiary/aromatic N) is 1. The number of hydrogen-bond acceptors (Lipinski definition) is 8. The Hall–Kier alpha value is -4.45. The Morgan fingerprint density at radius 3 is 1.68 bits per heavy atom. The second-order valence-corrected chi connectivity index (χ2v) is 10.1. The van der Waals surface area contributed by atoms with Gasteiger partial charge in [-0.1, -0.05) is 68.4 Å². The number of aliphatic hydroxyl groups is 2. The third-order valence-electron chi connectivity index (χ3n) is 7.06. The lowest BCUT2D eigenvalue weighted by Crippen LogP contribution is -2.42. The number of aliphatic carboxylic acids is 3. The zero-order chi connectivity index (χ0) is 32.8. The van der Waals surface area contributed by atoms with Crippen LogP contribution in [0.15, 0.2) is 78.9 Å². The molecule has 0 saturated heterocycles. The number of ether oxygens (including phenoxy) is 2. The van der Waals surface area contributed by atoms with Crippen LogP contribution in [-0.2, 0) is 26.4 Å². The lowest BCUT2D eigenvalue weighted by molar-refractivity contribution is -0.170. The zero-order valence-electron chi connectivity index (χ0n) is 25.2. The monoisotopic (exact) mass is 611 g/mol.